The fourth-order valence-corrected chi connectivity index (χ4v) is 3.07. The van der Waals surface area contributed by atoms with Crippen LogP contribution in [0.25, 0.3) is 0 Å². The lowest BCUT2D eigenvalue weighted by Crippen LogP contribution is -2.30. The van der Waals surface area contributed by atoms with Gasteiger partial charge in [0.1, 0.15) is 0 Å². The van der Waals surface area contributed by atoms with Crippen LogP contribution in [0.5, 0.6) is 0 Å². The van der Waals surface area contributed by atoms with E-state index in [1.807, 2.05) is 6.07 Å². The van der Waals surface area contributed by atoms with Gasteiger partial charge in [-0.1, -0.05) is 30.5 Å². The van der Waals surface area contributed by atoms with E-state index < -0.39 is 0 Å². The van der Waals surface area contributed by atoms with Gasteiger partial charge in [0.15, 0.2) is 0 Å². The minimum absolute atomic E-state index is 0.659. The van der Waals surface area contributed by atoms with E-state index in [1.54, 1.807) is 7.11 Å². The zero-order valence-corrected chi connectivity index (χ0v) is 13.2. The fraction of sp³-hybridized carbons (Fsp3) is 0.625. The predicted octanol–water partition coefficient (Wildman–Crippen LogP) is 3.45. The van der Waals surface area contributed by atoms with Crippen LogP contribution in [0.3, 0.4) is 0 Å². The molecule has 0 bridgehead atoms. The molecule has 1 fully saturated rings. The van der Waals surface area contributed by atoms with Gasteiger partial charge in [-0.3, -0.25) is 0 Å². The Morgan fingerprint density at radius 2 is 2.10 bits per heavy atom. The lowest BCUT2D eigenvalue weighted by molar-refractivity contribution is 0.199. The maximum atomic E-state index is 6.18. The van der Waals surface area contributed by atoms with Crippen molar-refractivity contribution < 1.29 is 4.74 Å². The molecule has 0 spiro atoms. The quantitative estimate of drug-likeness (QED) is 0.780. The summed E-state index contributed by atoms with van der Waals surface area (Å²) in [7, 11) is 3.92. The largest absolute Gasteiger partial charge is 0.383 e. The Labute approximate surface area is 127 Å². The molecule has 0 amide bonds. The van der Waals surface area contributed by atoms with Crippen molar-refractivity contribution in [3.05, 3.63) is 28.8 Å². The molecule has 1 aliphatic rings. The third-order valence-electron chi connectivity index (χ3n) is 4.10. The molecule has 0 aromatic heterocycles. The predicted molar refractivity (Wildman–Crippen MR) is 85.7 cm³/mol. The number of anilines is 1. The average Bonchev–Trinajstić information content (AvgIpc) is 2.98. The van der Waals surface area contributed by atoms with E-state index in [9.17, 15) is 0 Å². The second kappa shape index (κ2) is 7.87. The second-order valence-electron chi connectivity index (χ2n) is 5.49. The van der Waals surface area contributed by atoms with Crippen LogP contribution >= 0.6 is 11.6 Å². The topological polar surface area (TPSA) is 24.5 Å². The molecule has 3 nitrogen and oxygen atoms in total. The van der Waals surface area contributed by atoms with Crippen molar-refractivity contribution in [2.45, 2.75) is 38.3 Å². The van der Waals surface area contributed by atoms with Crippen molar-refractivity contribution in [2.75, 3.05) is 32.2 Å². The van der Waals surface area contributed by atoms with Gasteiger partial charge in [0.25, 0.3) is 0 Å². The zero-order valence-electron chi connectivity index (χ0n) is 12.5. The van der Waals surface area contributed by atoms with Gasteiger partial charge in [0.05, 0.1) is 6.61 Å². The molecule has 0 aliphatic heterocycles. The Kier molecular flexibility index (Phi) is 6.14. The first-order valence-corrected chi connectivity index (χ1v) is 7.81. The van der Waals surface area contributed by atoms with E-state index >= 15 is 0 Å². The number of rotatable bonds is 7. The third kappa shape index (κ3) is 4.11. The fourth-order valence-electron chi connectivity index (χ4n) is 2.90. The standard InChI is InChI=1S/C16H25ClN2O/c1-19(15-5-3-4-6-15)16-11-14(17)8-7-13(16)12-18-9-10-20-2/h7-8,11,15,18H,3-6,9-10,12H2,1-2H3. The van der Waals surface area contributed by atoms with E-state index in [2.05, 4.69) is 29.4 Å². The van der Waals surface area contributed by atoms with Gasteiger partial charge in [-0.25, -0.2) is 0 Å². The van der Waals surface area contributed by atoms with Crippen LogP contribution in [0, 0.1) is 0 Å². The Morgan fingerprint density at radius 1 is 1.35 bits per heavy atom. The van der Waals surface area contributed by atoms with Crippen LogP contribution in [0.4, 0.5) is 5.69 Å². The van der Waals surface area contributed by atoms with E-state index in [4.69, 9.17) is 16.3 Å². The lowest BCUT2D eigenvalue weighted by Gasteiger charge is -2.29. The van der Waals surface area contributed by atoms with E-state index in [-0.39, 0.29) is 0 Å². The number of ether oxygens (including phenoxy) is 1. The summed E-state index contributed by atoms with van der Waals surface area (Å²) in [5.74, 6) is 0. The number of benzene rings is 1. The number of nitrogens with one attached hydrogen (secondary N) is 1. The van der Waals surface area contributed by atoms with Gasteiger partial charge in [-0.05, 0) is 30.5 Å². The Morgan fingerprint density at radius 3 is 2.80 bits per heavy atom. The van der Waals surface area contributed by atoms with Crippen molar-refractivity contribution in [3.63, 3.8) is 0 Å². The summed E-state index contributed by atoms with van der Waals surface area (Å²) >= 11 is 6.18. The van der Waals surface area contributed by atoms with Gasteiger partial charge in [-0.15, -0.1) is 0 Å². The van der Waals surface area contributed by atoms with Gasteiger partial charge in [-0.2, -0.15) is 0 Å². The molecule has 0 heterocycles. The summed E-state index contributed by atoms with van der Waals surface area (Å²) in [5, 5.41) is 4.22. The van der Waals surface area contributed by atoms with Crippen LogP contribution < -0.4 is 10.2 Å². The molecule has 1 aromatic rings. The molecule has 1 N–H and O–H groups in total. The maximum absolute atomic E-state index is 6.18. The molecule has 1 aromatic carbocycles. The van der Waals surface area contributed by atoms with Crippen molar-refractivity contribution in [2.24, 2.45) is 0 Å². The van der Waals surface area contributed by atoms with Gasteiger partial charge in [0.2, 0.25) is 0 Å². The maximum Gasteiger partial charge on any atom is 0.0587 e. The number of nitrogens with zero attached hydrogens (tertiary/aromatic N) is 1. The molecular weight excluding hydrogens is 272 g/mol. The highest BCUT2D eigenvalue weighted by molar-refractivity contribution is 6.30. The van der Waals surface area contributed by atoms with Crippen LogP contribution in [0.15, 0.2) is 18.2 Å². The molecule has 0 atom stereocenters. The Balaban J connectivity index is 2.06. The van der Waals surface area contributed by atoms with Crippen LogP contribution in [0.2, 0.25) is 5.02 Å². The SMILES string of the molecule is COCCNCc1ccc(Cl)cc1N(C)C1CCCC1. The minimum Gasteiger partial charge on any atom is -0.383 e. The summed E-state index contributed by atoms with van der Waals surface area (Å²) in [6.07, 6.45) is 5.27. The van der Waals surface area contributed by atoms with Crippen molar-refractivity contribution in [1.29, 1.82) is 0 Å². The first-order valence-electron chi connectivity index (χ1n) is 7.43. The van der Waals surface area contributed by atoms with E-state index in [1.165, 1.54) is 36.9 Å². The summed E-state index contributed by atoms with van der Waals surface area (Å²) in [6, 6.07) is 6.85. The molecule has 0 radical (unpaired) electrons. The van der Waals surface area contributed by atoms with E-state index in [0.29, 0.717) is 6.04 Å². The van der Waals surface area contributed by atoms with Crippen LogP contribution in [-0.4, -0.2) is 33.4 Å². The molecule has 20 heavy (non-hydrogen) atoms. The Hall–Kier alpha value is -0.770. The number of hydrogen-bond donors (Lipinski definition) is 1. The molecule has 2 rings (SSSR count). The summed E-state index contributed by atoms with van der Waals surface area (Å²) in [5.41, 5.74) is 2.56. The second-order valence-corrected chi connectivity index (χ2v) is 5.93. The molecule has 1 saturated carbocycles. The first-order chi connectivity index (χ1) is 9.72. The molecule has 1 aliphatic carbocycles. The summed E-state index contributed by atoms with van der Waals surface area (Å²) in [6.45, 7) is 2.46. The minimum atomic E-state index is 0.659. The zero-order chi connectivity index (χ0) is 14.4. The molecular formula is C16H25ClN2O. The number of halogens is 1. The van der Waals surface area contributed by atoms with Crippen molar-refractivity contribution >= 4 is 17.3 Å². The molecule has 112 valence electrons. The molecule has 0 saturated heterocycles. The van der Waals surface area contributed by atoms with Crippen molar-refractivity contribution in [1.82, 2.24) is 5.32 Å². The van der Waals surface area contributed by atoms with Crippen LogP contribution in [-0.2, 0) is 11.3 Å². The van der Waals surface area contributed by atoms with Gasteiger partial charge < -0.3 is 15.0 Å². The normalized spacial score (nSPS) is 15.8. The third-order valence-corrected chi connectivity index (χ3v) is 4.33. The highest BCUT2D eigenvalue weighted by atomic mass is 35.5. The highest BCUT2D eigenvalue weighted by Crippen LogP contribution is 2.31. The monoisotopic (exact) mass is 296 g/mol. The van der Waals surface area contributed by atoms with Crippen LogP contribution in [0.1, 0.15) is 31.2 Å². The smallest absolute Gasteiger partial charge is 0.0587 e. The average molecular weight is 297 g/mol. The first kappa shape index (κ1) is 15.6. The van der Waals surface area contributed by atoms with E-state index in [0.717, 1.165) is 24.7 Å². The summed E-state index contributed by atoms with van der Waals surface area (Å²) < 4.78 is 5.06. The molecule has 4 heteroatoms. The summed E-state index contributed by atoms with van der Waals surface area (Å²) in [4.78, 5) is 2.41. The van der Waals surface area contributed by atoms with Gasteiger partial charge >= 0.3 is 0 Å². The Bertz CT molecular complexity index is 419. The lowest BCUT2D eigenvalue weighted by atomic mass is 10.1. The highest BCUT2D eigenvalue weighted by Gasteiger charge is 2.21. The molecule has 0 unspecified atom stereocenters. The number of hydrogen-bond acceptors (Lipinski definition) is 3. The van der Waals surface area contributed by atoms with Crippen molar-refractivity contribution in [3.8, 4) is 0 Å². The van der Waals surface area contributed by atoms with Gasteiger partial charge in [0, 0.05) is 44.0 Å². The number of methoxy groups -OCH3 is 1.